The van der Waals surface area contributed by atoms with Gasteiger partial charge < -0.3 is 9.52 Å². The summed E-state index contributed by atoms with van der Waals surface area (Å²) in [6.45, 7) is 13.1. The molecule has 0 saturated heterocycles. The second kappa shape index (κ2) is 6.89. The van der Waals surface area contributed by atoms with Crippen molar-refractivity contribution in [1.82, 2.24) is 10.2 Å². The van der Waals surface area contributed by atoms with E-state index >= 15 is 0 Å². The van der Waals surface area contributed by atoms with Crippen molar-refractivity contribution in [2.45, 2.75) is 52.4 Å². The highest BCUT2D eigenvalue weighted by molar-refractivity contribution is 5.88. The molecule has 3 rings (SSSR count). The molecule has 0 saturated carbocycles. The zero-order chi connectivity index (χ0) is 20.7. The van der Waals surface area contributed by atoms with Crippen LogP contribution in [0.15, 0.2) is 46.9 Å². The Kier molecular flexibility index (Phi) is 4.88. The summed E-state index contributed by atoms with van der Waals surface area (Å²) in [6, 6.07) is 12.8. The maximum Gasteiger partial charge on any atom is 0.335 e. The summed E-state index contributed by atoms with van der Waals surface area (Å²) in [7, 11) is 0. The van der Waals surface area contributed by atoms with Gasteiger partial charge in [0.15, 0.2) is 0 Å². The highest BCUT2D eigenvalue weighted by atomic mass is 16.4. The van der Waals surface area contributed by atoms with Gasteiger partial charge in [0.25, 0.3) is 0 Å². The van der Waals surface area contributed by atoms with E-state index in [0.717, 1.165) is 5.56 Å². The first-order valence-corrected chi connectivity index (χ1v) is 9.29. The van der Waals surface area contributed by atoms with Gasteiger partial charge >= 0.3 is 5.97 Å². The van der Waals surface area contributed by atoms with Crippen LogP contribution in [0.25, 0.3) is 22.9 Å². The Morgan fingerprint density at radius 1 is 0.786 bits per heavy atom. The van der Waals surface area contributed by atoms with Crippen molar-refractivity contribution < 1.29 is 14.3 Å². The minimum Gasteiger partial charge on any atom is -0.478 e. The number of hydrogen-bond acceptors (Lipinski definition) is 4. The van der Waals surface area contributed by atoms with E-state index in [1.54, 1.807) is 12.1 Å². The molecule has 0 aliphatic carbocycles. The maximum absolute atomic E-state index is 11.0. The number of carboxylic acids is 1. The van der Waals surface area contributed by atoms with Crippen LogP contribution in [0.3, 0.4) is 0 Å². The summed E-state index contributed by atoms with van der Waals surface area (Å²) < 4.78 is 5.92. The molecular formula is C23H26N2O3. The average Bonchev–Trinajstić information content (AvgIpc) is 3.10. The van der Waals surface area contributed by atoms with Crippen LogP contribution in [0.1, 0.15) is 63.0 Å². The van der Waals surface area contributed by atoms with Crippen molar-refractivity contribution >= 4 is 5.97 Å². The minimum absolute atomic E-state index is 0.00841. The van der Waals surface area contributed by atoms with Crippen molar-refractivity contribution in [2.24, 2.45) is 0 Å². The SMILES string of the molecule is CC(C)(C)c1cc(-c2nnc(-c3ccc(C(=O)O)cc3)o2)cc(C(C)(C)C)c1. The van der Waals surface area contributed by atoms with Crippen LogP contribution in [-0.2, 0) is 10.8 Å². The van der Waals surface area contributed by atoms with Gasteiger partial charge in [0.05, 0.1) is 5.56 Å². The van der Waals surface area contributed by atoms with E-state index in [1.165, 1.54) is 23.3 Å². The van der Waals surface area contributed by atoms with Gasteiger partial charge in [0.2, 0.25) is 11.8 Å². The third-order valence-electron chi connectivity index (χ3n) is 4.72. The van der Waals surface area contributed by atoms with Crippen LogP contribution >= 0.6 is 0 Å². The summed E-state index contributed by atoms with van der Waals surface area (Å²) >= 11 is 0. The number of rotatable bonds is 3. The van der Waals surface area contributed by atoms with Gasteiger partial charge in [-0.05, 0) is 58.4 Å². The zero-order valence-electron chi connectivity index (χ0n) is 17.2. The second-order valence-electron chi connectivity index (χ2n) is 9.09. The molecule has 1 N–H and O–H groups in total. The highest BCUT2D eigenvalue weighted by Gasteiger charge is 2.22. The summed E-state index contributed by atoms with van der Waals surface area (Å²) in [4.78, 5) is 11.0. The molecule has 0 atom stereocenters. The van der Waals surface area contributed by atoms with Gasteiger partial charge in [-0.2, -0.15) is 0 Å². The molecule has 0 spiro atoms. The molecule has 0 amide bonds. The van der Waals surface area contributed by atoms with Gasteiger partial charge in [-0.1, -0.05) is 47.6 Å². The summed E-state index contributed by atoms with van der Waals surface area (Å²) in [5.74, 6) is -0.147. The second-order valence-corrected chi connectivity index (χ2v) is 9.09. The van der Waals surface area contributed by atoms with Crippen molar-refractivity contribution in [3.63, 3.8) is 0 Å². The molecular weight excluding hydrogens is 352 g/mol. The monoisotopic (exact) mass is 378 g/mol. The van der Waals surface area contributed by atoms with E-state index in [-0.39, 0.29) is 16.4 Å². The normalized spacial score (nSPS) is 12.2. The lowest BCUT2D eigenvalue weighted by atomic mass is 9.79. The molecule has 28 heavy (non-hydrogen) atoms. The third kappa shape index (κ3) is 4.14. The molecule has 5 heteroatoms. The molecule has 0 aliphatic heterocycles. The number of benzene rings is 2. The van der Waals surface area contributed by atoms with E-state index in [2.05, 4.69) is 69.9 Å². The molecule has 2 aromatic carbocycles. The Hall–Kier alpha value is -2.95. The summed E-state index contributed by atoms with van der Waals surface area (Å²) in [5, 5.41) is 17.4. The van der Waals surface area contributed by atoms with Crippen molar-refractivity contribution in [1.29, 1.82) is 0 Å². The molecule has 0 bridgehead atoms. The van der Waals surface area contributed by atoms with E-state index < -0.39 is 5.97 Å². The van der Waals surface area contributed by atoms with Gasteiger partial charge in [-0.3, -0.25) is 0 Å². The molecule has 0 unspecified atom stereocenters. The zero-order valence-corrected chi connectivity index (χ0v) is 17.2. The minimum atomic E-state index is -0.966. The number of aromatic nitrogens is 2. The first kappa shape index (κ1) is 19.8. The van der Waals surface area contributed by atoms with E-state index in [4.69, 9.17) is 9.52 Å². The summed E-state index contributed by atoms with van der Waals surface area (Å²) in [6.07, 6.45) is 0. The number of nitrogens with zero attached hydrogens (tertiary/aromatic N) is 2. The lowest BCUT2D eigenvalue weighted by Gasteiger charge is -2.25. The fraction of sp³-hybridized carbons (Fsp3) is 0.348. The number of carbonyl (C=O) groups is 1. The third-order valence-corrected chi connectivity index (χ3v) is 4.72. The summed E-state index contributed by atoms with van der Waals surface area (Å²) in [5.41, 5.74) is 4.19. The number of carboxylic acid groups (broad SMARTS) is 1. The lowest BCUT2D eigenvalue weighted by molar-refractivity contribution is 0.0697. The van der Waals surface area contributed by atoms with Gasteiger partial charge in [0, 0.05) is 11.1 Å². The van der Waals surface area contributed by atoms with Crippen molar-refractivity contribution in [3.8, 4) is 22.9 Å². The highest BCUT2D eigenvalue weighted by Crippen LogP contribution is 2.34. The maximum atomic E-state index is 11.0. The average molecular weight is 378 g/mol. The molecule has 1 aromatic heterocycles. The Labute approximate surface area is 165 Å². The Bertz CT molecular complexity index is 971. The Balaban J connectivity index is 2.03. The van der Waals surface area contributed by atoms with E-state index in [1.807, 2.05) is 0 Å². The Morgan fingerprint density at radius 2 is 1.25 bits per heavy atom. The quantitative estimate of drug-likeness (QED) is 0.633. The molecule has 1 heterocycles. The van der Waals surface area contributed by atoms with Crippen LogP contribution in [0.2, 0.25) is 0 Å². The standard InChI is InChI=1S/C23H26N2O3/c1-22(2,3)17-11-16(12-18(13-17)23(4,5)6)20-25-24-19(28-20)14-7-9-15(10-8-14)21(26)27/h7-13H,1-6H3,(H,26,27). The van der Waals surface area contributed by atoms with Crippen LogP contribution in [-0.4, -0.2) is 21.3 Å². The molecule has 3 aromatic rings. The molecule has 0 fully saturated rings. The van der Waals surface area contributed by atoms with Crippen molar-refractivity contribution in [3.05, 3.63) is 59.2 Å². The molecule has 146 valence electrons. The van der Waals surface area contributed by atoms with Crippen LogP contribution in [0.4, 0.5) is 0 Å². The van der Waals surface area contributed by atoms with Crippen LogP contribution in [0.5, 0.6) is 0 Å². The molecule has 5 nitrogen and oxygen atoms in total. The van der Waals surface area contributed by atoms with Crippen LogP contribution < -0.4 is 0 Å². The number of aromatic carboxylic acids is 1. The first-order valence-electron chi connectivity index (χ1n) is 9.29. The van der Waals surface area contributed by atoms with Crippen molar-refractivity contribution in [2.75, 3.05) is 0 Å². The van der Waals surface area contributed by atoms with Gasteiger partial charge in [-0.25, -0.2) is 4.79 Å². The lowest BCUT2D eigenvalue weighted by Crippen LogP contribution is -2.16. The predicted molar refractivity (Wildman–Crippen MR) is 110 cm³/mol. The smallest absolute Gasteiger partial charge is 0.335 e. The van der Waals surface area contributed by atoms with E-state index in [9.17, 15) is 4.79 Å². The largest absolute Gasteiger partial charge is 0.478 e. The fourth-order valence-electron chi connectivity index (χ4n) is 2.83. The van der Waals surface area contributed by atoms with Gasteiger partial charge in [0.1, 0.15) is 0 Å². The molecule has 0 radical (unpaired) electrons. The predicted octanol–water partition coefficient (Wildman–Crippen LogP) is 5.70. The number of hydrogen-bond donors (Lipinski definition) is 1. The fourth-order valence-corrected chi connectivity index (χ4v) is 2.83. The molecule has 0 aliphatic rings. The van der Waals surface area contributed by atoms with E-state index in [0.29, 0.717) is 17.3 Å². The topological polar surface area (TPSA) is 76.2 Å². The van der Waals surface area contributed by atoms with Crippen LogP contribution in [0, 0.1) is 0 Å². The Morgan fingerprint density at radius 3 is 1.68 bits per heavy atom. The first-order chi connectivity index (χ1) is 12.9. The van der Waals surface area contributed by atoms with Gasteiger partial charge in [-0.15, -0.1) is 10.2 Å².